The van der Waals surface area contributed by atoms with Crippen molar-refractivity contribution in [1.82, 2.24) is 9.78 Å². The molecule has 0 N–H and O–H groups in total. The van der Waals surface area contributed by atoms with Crippen LogP contribution in [0.5, 0.6) is 5.75 Å². The lowest BCUT2D eigenvalue weighted by molar-refractivity contribution is 0.0549. The second-order valence-electron chi connectivity index (χ2n) is 7.35. The Morgan fingerprint density at radius 3 is 2.26 bits per heavy atom. The summed E-state index contributed by atoms with van der Waals surface area (Å²) >= 11 is 6.05. The third-order valence-corrected chi connectivity index (χ3v) is 5.54. The third-order valence-electron chi connectivity index (χ3n) is 5.19. The summed E-state index contributed by atoms with van der Waals surface area (Å²) < 4.78 is 30.2. The first-order valence-corrected chi connectivity index (χ1v) is 10.8. The molecular weight excluding hydrogens is 475 g/mol. The quantitative estimate of drug-likeness (QED) is 0.316. The molecule has 0 atom stereocenters. The Labute approximate surface area is 205 Å². The van der Waals surface area contributed by atoms with E-state index in [0.29, 0.717) is 22.6 Å². The molecule has 0 radical (unpaired) electrons. The van der Waals surface area contributed by atoms with Gasteiger partial charge in [-0.3, -0.25) is 0 Å². The SMILES string of the molecule is COC(=O)c1c(-c2ccc(OCc3ccc(F)cc3Cl)cc2)nn(-c2ccccc2)c1C(=O)OC. The summed E-state index contributed by atoms with van der Waals surface area (Å²) in [7, 11) is 2.45. The van der Waals surface area contributed by atoms with Crippen LogP contribution in [-0.2, 0) is 16.1 Å². The Kier molecular flexibility index (Phi) is 7.12. The number of benzene rings is 3. The predicted octanol–water partition coefficient (Wildman–Crippen LogP) is 5.48. The Morgan fingerprint density at radius 2 is 1.63 bits per heavy atom. The van der Waals surface area contributed by atoms with Gasteiger partial charge in [-0.25, -0.2) is 18.7 Å². The van der Waals surface area contributed by atoms with Gasteiger partial charge in [-0.15, -0.1) is 0 Å². The molecule has 7 nitrogen and oxygen atoms in total. The van der Waals surface area contributed by atoms with Gasteiger partial charge < -0.3 is 14.2 Å². The number of halogens is 2. The highest BCUT2D eigenvalue weighted by Gasteiger charge is 2.31. The van der Waals surface area contributed by atoms with Gasteiger partial charge in [0.05, 0.1) is 24.9 Å². The number of rotatable bonds is 7. The highest BCUT2D eigenvalue weighted by molar-refractivity contribution is 6.31. The maximum atomic E-state index is 13.2. The van der Waals surface area contributed by atoms with Crippen LogP contribution in [0.25, 0.3) is 16.9 Å². The molecule has 1 aromatic heterocycles. The molecule has 0 aliphatic rings. The van der Waals surface area contributed by atoms with Crippen molar-refractivity contribution in [1.29, 1.82) is 0 Å². The van der Waals surface area contributed by atoms with E-state index in [-0.39, 0.29) is 28.6 Å². The summed E-state index contributed by atoms with van der Waals surface area (Å²) in [6.07, 6.45) is 0. The minimum Gasteiger partial charge on any atom is -0.489 e. The first-order chi connectivity index (χ1) is 16.9. The number of carbonyl (C=O) groups excluding carboxylic acids is 2. The number of aromatic nitrogens is 2. The molecule has 0 aliphatic heterocycles. The standard InChI is InChI=1S/C26H20ClFN2O5/c1-33-25(31)22-23(29-30(24(22)26(32)34-2)19-6-4-3-5-7-19)16-9-12-20(13-10-16)35-15-17-8-11-18(28)14-21(17)27/h3-14H,15H2,1-2H3. The van der Waals surface area contributed by atoms with Gasteiger partial charge in [-0.1, -0.05) is 35.9 Å². The zero-order valence-electron chi connectivity index (χ0n) is 18.8. The molecule has 35 heavy (non-hydrogen) atoms. The van der Waals surface area contributed by atoms with Crippen molar-refractivity contribution in [3.05, 3.63) is 100 Å². The Bertz CT molecular complexity index is 1370. The second kappa shape index (κ2) is 10.4. The summed E-state index contributed by atoms with van der Waals surface area (Å²) in [6, 6.07) is 19.8. The van der Waals surface area contributed by atoms with Gasteiger partial charge in [0, 0.05) is 11.1 Å². The van der Waals surface area contributed by atoms with Crippen LogP contribution < -0.4 is 4.74 Å². The lowest BCUT2D eigenvalue weighted by Crippen LogP contribution is -2.15. The van der Waals surface area contributed by atoms with E-state index in [4.69, 9.17) is 25.8 Å². The van der Waals surface area contributed by atoms with Crippen LogP contribution in [0.15, 0.2) is 72.8 Å². The number of hydrogen-bond acceptors (Lipinski definition) is 6. The number of carbonyl (C=O) groups is 2. The number of para-hydroxylation sites is 1. The maximum absolute atomic E-state index is 13.2. The minimum absolute atomic E-state index is 0.0186. The molecule has 4 rings (SSSR count). The first-order valence-electron chi connectivity index (χ1n) is 10.4. The van der Waals surface area contributed by atoms with Crippen molar-refractivity contribution in [3.8, 4) is 22.7 Å². The van der Waals surface area contributed by atoms with E-state index in [2.05, 4.69) is 5.10 Å². The number of hydrogen-bond donors (Lipinski definition) is 0. The molecular formula is C26H20ClFN2O5. The summed E-state index contributed by atoms with van der Waals surface area (Å²) in [5.41, 5.74) is 1.93. The van der Waals surface area contributed by atoms with Crippen molar-refractivity contribution in [2.45, 2.75) is 6.61 Å². The highest BCUT2D eigenvalue weighted by atomic mass is 35.5. The fourth-order valence-corrected chi connectivity index (χ4v) is 3.69. The number of esters is 2. The molecule has 1 heterocycles. The molecule has 0 saturated carbocycles. The van der Waals surface area contributed by atoms with E-state index in [9.17, 15) is 14.0 Å². The van der Waals surface area contributed by atoms with Crippen molar-refractivity contribution < 1.29 is 28.2 Å². The van der Waals surface area contributed by atoms with E-state index < -0.39 is 17.8 Å². The van der Waals surface area contributed by atoms with Crippen LogP contribution in [0, 0.1) is 5.82 Å². The Hall–Kier alpha value is -4.17. The molecule has 0 bridgehead atoms. The molecule has 0 fully saturated rings. The van der Waals surface area contributed by atoms with Crippen LogP contribution in [-0.4, -0.2) is 35.9 Å². The molecule has 9 heteroatoms. The fraction of sp³-hybridized carbons (Fsp3) is 0.115. The predicted molar refractivity (Wildman–Crippen MR) is 127 cm³/mol. The van der Waals surface area contributed by atoms with Crippen LogP contribution in [0.2, 0.25) is 5.02 Å². The first kappa shape index (κ1) is 24.0. The third kappa shape index (κ3) is 5.02. The molecule has 4 aromatic rings. The van der Waals surface area contributed by atoms with Crippen molar-refractivity contribution in [3.63, 3.8) is 0 Å². The second-order valence-corrected chi connectivity index (χ2v) is 7.76. The van der Waals surface area contributed by atoms with Crippen LogP contribution in [0.1, 0.15) is 26.4 Å². The van der Waals surface area contributed by atoms with E-state index in [1.165, 1.54) is 31.0 Å². The van der Waals surface area contributed by atoms with E-state index in [1.807, 2.05) is 6.07 Å². The van der Waals surface area contributed by atoms with Gasteiger partial charge in [0.1, 0.15) is 29.4 Å². The van der Waals surface area contributed by atoms with Crippen molar-refractivity contribution in [2.75, 3.05) is 14.2 Å². The van der Waals surface area contributed by atoms with Crippen molar-refractivity contribution >= 4 is 23.5 Å². The highest BCUT2D eigenvalue weighted by Crippen LogP contribution is 2.30. The molecule has 3 aromatic carbocycles. The van der Waals surface area contributed by atoms with E-state index in [1.54, 1.807) is 54.6 Å². The molecule has 0 amide bonds. The van der Waals surface area contributed by atoms with Gasteiger partial charge in [0.25, 0.3) is 0 Å². The summed E-state index contributed by atoms with van der Waals surface area (Å²) in [4.78, 5) is 25.4. The smallest absolute Gasteiger partial charge is 0.357 e. The number of ether oxygens (including phenoxy) is 3. The van der Waals surface area contributed by atoms with Gasteiger partial charge in [-0.05, 0) is 48.5 Å². The normalized spacial score (nSPS) is 10.6. The summed E-state index contributed by atoms with van der Waals surface area (Å²) in [6.45, 7) is 0.140. The molecule has 0 unspecified atom stereocenters. The molecule has 0 spiro atoms. The zero-order valence-corrected chi connectivity index (χ0v) is 19.6. The number of nitrogens with zero attached hydrogens (tertiary/aromatic N) is 2. The maximum Gasteiger partial charge on any atom is 0.357 e. The van der Waals surface area contributed by atoms with Crippen LogP contribution >= 0.6 is 11.6 Å². The van der Waals surface area contributed by atoms with E-state index in [0.717, 1.165) is 0 Å². The summed E-state index contributed by atoms with van der Waals surface area (Å²) in [5.74, 6) is -1.37. The van der Waals surface area contributed by atoms with Crippen molar-refractivity contribution in [2.24, 2.45) is 0 Å². The Morgan fingerprint density at radius 1 is 0.943 bits per heavy atom. The number of methoxy groups -OCH3 is 2. The average Bonchev–Trinajstić information content (AvgIpc) is 3.29. The lowest BCUT2D eigenvalue weighted by Gasteiger charge is -2.09. The average molecular weight is 495 g/mol. The van der Waals surface area contributed by atoms with Gasteiger partial charge in [-0.2, -0.15) is 5.10 Å². The monoisotopic (exact) mass is 494 g/mol. The Balaban J connectivity index is 1.71. The topological polar surface area (TPSA) is 79.7 Å². The van der Waals surface area contributed by atoms with Gasteiger partial charge >= 0.3 is 11.9 Å². The summed E-state index contributed by atoms with van der Waals surface area (Å²) in [5, 5.41) is 4.82. The molecule has 0 aliphatic carbocycles. The molecule has 0 saturated heterocycles. The van der Waals surface area contributed by atoms with Crippen LogP contribution in [0.4, 0.5) is 4.39 Å². The van der Waals surface area contributed by atoms with Crippen LogP contribution in [0.3, 0.4) is 0 Å². The minimum atomic E-state index is -0.732. The van der Waals surface area contributed by atoms with Gasteiger partial charge in [0.15, 0.2) is 5.69 Å². The van der Waals surface area contributed by atoms with Gasteiger partial charge in [0.2, 0.25) is 0 Å². The lowest BCUT2D eigenvalue weighted by atomic mass is 10.1. The van der Waals surface area contributed by atoms with E-state index >= 15 is 0 Å². The molecule has 178 valence electrons. The largest absolute Gasteiger partial charge is 0.489 e. The zero-order chi connectivity index (χ0) is 24.9. The fourth-order valence-electron chi connectivity index (χ4n) is 3.47.